The van der Waals surface area contributed by atoms with Crippen molar-refractivity contribution in [3.63, 3.8) is 0 Å². The van der Waals surface area contributed by atoms with E-state index in [1.165, 1.54) is 6.42 Å². The van der Waals surface area contributed by atoms with Gasteiger partial charge in [-0.2, -0.15) is 0 Å². The average Bonchev–Trinajstić information content (AvgIpc) is 2.62. The summed E-state index contributed by atoms with van der Waals surface area (Å²) >= 11 is 0. The van der Waals surface area contributed by atoms with Crippen molar-refractivity contribution in [2.24, 2.45) is 39.0 Å². The quantitative estimate of drug-likeness (QED) is 0.676. The molecule has 1 heterocycles. The van der Waals surface area contributed by atoms with Gasteiger partial charge in [0.15, 0.2) is 0 Å². The predicted octanol–water partition coefficient (Wildman–Crippen LogP) is 2.71. The molecule has 1 aliphatic heterocycles. The summed E-state index contributed by atoms with van der Waals surface area (Å²) in [5, 5.41) is 23.2. The average molecular weight is 313 g/mol. The summed E-state index contributed by atoms with van der Waals surface area (Å²) in [6.07, 6.45) is 9.21. The molecule has 0 aromatic rings. The molecule has 6 bridgehead atoms. The first kappa shape index (κ1) is 13.6. The van der Waals surface area contributed by atoms with Gasteiger partial charge in [-0.05, 0) is 61.9 Å². The van der Waals surface area contributed by atoms with Crippen molar-refractivity contribution in [1.29, 1.82) is 0 Å². The van der Waals surface area contributed by atoms with Crippen LogP contribution >= 0.6 is 0 Å². The second kappa shape index (κ2) is 3.48. The van der Waals surface area contributed by atoms with Gasteiger partial charge in [0, 0.05) is 22.5 Å². The number of aliphatic imine (C=N–C) groups is 1. The molecular formula is C20H27NO2. The summed E-state index contributed by atoms with van der Waals surface area (Å²) < 4.78 is 0. The van der Waals surface area contributed by atoms with Crippen molar-refractivity contribution in [2.45, 2.75) is 69.6 Å². The molecule has 0 amide bonds. The molecule has 124 valence electrons. The number of nitrogens with zero attached hydrogens (tertiary/aromatic N) is 1. The van der Waals surface area contributed by atoms with Gasteiger partial charge in [0.2, 0.25) is 0 Å². The van der Waals surface area contributed by atoms with Crippen LogP contribution in [-0.2, 0) is 0 Å². The van der Waals surface area contributed by atoms with Crippen LogP contribution in [0.15, 0.2) is 17.1 Å². The zero-order valence-electron chi connectivity index (χ0n) is 14.0. The van der Waals surface area contributed by atoms with Crippen molar-refractivity contribution < 1.29 is 10.2 Å². The molecule has 0 aromatic carbocycles. The fraction of sp³-hybridized carbons (Fsp3) is 0.850. The molecule has 6 saturated carbocycles. The normalized spacial score (nSPS) is 67.6. The van der Waals surface area contributed by atoms with Gasteiger partial charge in [-0.3, -0.25) is 4.99 Å². The second-order valence-corrected chi connectivity index (χ2v) is 9.81. The van der Waals surface area contributed by atoms with Crippen LogP contribution in [0.25, 0.3) is 0 Å². The lowest BCUT2D eigenvalue weighted by Gasteiger charge is -2.68. The number of aliphatic hydroxyl groups excluding tert-OH is 1. The zero-order valence-corrected chi connectivity index (χ0v) is 14.0. The molecule has 7 aliphatic rings. The molecule has 6 aliphatic carbocycles. The van der Waals surface area contributed by atoms with E-state index < -0.39 is 5.60 Å². The fourth-order valence-corrected chi connectivity index (χ4v) is 8.94. The summed E-state index contributed by atoms with van der Waals surface area (Å²) in [6.45, 7) is 6.50. The Kier molecular flexibility index (Phi) is 2.06. The van der Waals surface area contributed by atoms with Crippen LogP contribution < -0.4 is 0 Å². The first-order valence-corrected chi connectivity index (χ1v) is 9.54. The molecule has 9 atom stereocenters. The van der Waals surface area contributed by atoms with E-state index in [0.717, 1.165) is 44.1 Å². The maximum Gasteiger partial charge on any atom is 0.0829 e. The highest BCUT2D eigenvalue weighted by molar-refractivity contribution is 5.71. The Balaban J connectivity index is 1.67. The highest BCUT2D eigenvalue weighted by Crippen LogP contribution is 2.82. The third kappa shape index (κ3) is 1.02. The van der Waals surface area contributed by atoms with E-state index in [1.807, 2.05) is 0 Å². The van der Waals surface area contributed by atoms with Gasteiger partial charge in [-0.1, -0.05) is 19.9 Å². The van der Waals surface area contributed by atoms with Gasteiger partial charge in [-0.25, -0.2) is 0 Å². The molecule has 0 saturated heterocycles. The van der Waals surface area contributed by atoms with Crippen LogP contribution in [0.4, 0.5) is 0 Å². The lowest BCUT2D eigenvalue weighted by Crippen LogP contribution is -2.72. The molecule has 7 rings (SSSR count). The summed E-state index contributed by atoms with van der Waals surface area (Å²) in [4.78, 5) is 5.11. The minimum Gasteiger partial charge on any atom is -0.388 e. The summed E-state index contributed by atoms with van der Waals surface area (Å²) in [6, 6.07) is 0.237. The van der Waals surface area contributed by atoms with Crippen LogP contribution in [0.2, 0.25) is 0 Å². The highest BCUT2D eigenvalue weighted by atomic mass is 16.3. The monoisotopic (exact) mass is 313 g/mol. The Morgan fingerprint density at radius 3 is 2.87 bits per heavy atom. The number of hydrogen-bond acceptors (Lipinski definition) is 3. The van der Waals surface area contributed by atoms with Crippen molar-refractivity contribution in [1.82, 2.24) is 0 Å². The number of fused-ring (bicyclic) bond motifs is 1. The molecule has 6 fully saturated rings. The third-order valence-corrected chi connectivity index (χ3v) is 9.75. The van der Waals surface area contributed by atoms with Crippen LogP contribution in [0.1, 0.15) is 51.9 Å². The Morgan fingerprint density at radius 2 is 2.04 bits per heavy atom. The van der Waals surface area contributed by atoms with Crippen molar-refractivity contribution in [3.05, 3.63) is 12.2 Å². The van der Waals surface area contributed by atoms with Crippen LogP contribution in [0.5, 0.6) is 0 Å². The minimum absolute atomic E-state index is 0.0390. The van der Waals surface area contributed by atoms with E-state index in [4.69, 9.17) is 4.99 Å². The van der Waals surface area contributed by atoms with Gasteiger partial charge < -0.3 is 10.2 Å². The largest absolute Gasteiger partial charge is 0.388 e. The molecule has 3 heteroatoms. The molecule has 1 unspecified atom stereocenters. The summed E-state index contributed by atoms with van der Waals surface area (Å²) in [5.41, 5.74) is 0.195. The fourth-order valence-electron chi connectivity index (χ4n) is 8.94. The van der Waals surface area contributed by atoms with Crippen molar-refractivity contribution in [3.8, 4) is 0 Å². The van der Waals surface area contributed by atoms with Crippen molar-refractivity contribution >= 4 is 6.21 Å². The van der Waals surface area contributed by atoms with Gasteiger partial charge in [0.1, 0.15) is 0 Å². The smallest absolute Gasteiger partial charge is 0.0829 e. The van der Waals surface area contributed by atoms with E-state index in [-0.39, 0.29) is 28.4 Å². The topological polar surface area (TPSA) is 52.8 Å². The maximum absolute atomic E-state index is 12.0. The standard InChI is InChI=1S/C20H27NO2/c1-11-12-8-13-15-19-5-3-4-17(2,10-21-15)20(19,23)7-6-18(13,16(11)22)14(19)9-12/h10,12-16,22-23H,1,3-9H2,2H3/t12-,13-,14-,15-,16-,17-,18?,19+,20-/m1/s1. The maximum atomic E-state index is 12.0. The van der Waals surface area contributed by atoms with Gasteiger partial charge in [-0.15, -0.1) is 0 Å². The first-order chi connectivity index (χ1) is 10.9. The highest BCUT2D eigenvalue weighted by Gasteiger charge is 2.84. The molecule has 0 radical (unpaired) electrons. The van der Waals surface area contributed by atoms with E-state index in [1.54, 1.807) is 0 Å². The lowest BCUT2D eigenvalue weighted by atomic mass is 9.38. The summed E-state index contributed by atoms with van der Waals surface area (Å²) in [7, 11) is 0. The van der Waals surface area contributed by atoms with Crippen LogP contribution in [0, 0.1) is 34.0 Å². The van der Waals surface area contributed by atoms with Crippen LogP contribution in [0.3, 0.4) is 0 Å². The predicted molar refractivity (Wildman–Crippen MR) is 88.1 cm³/mol. The third-order valence-electron chi connectivity index (χ3n) is 9.75. The van der Waals surface area contributed by atoms with Gasteiger partial charge >= 0.3 is 0 Å². The molecule has 2 N–H and O–H groups in total. The van der Waals surface area contributed by atoms with Gasteiger partial charge in [0.05, 0.1) is 17.7 Å². The molecule has 2 spiro atoms. The summed E-state index contributed by atoms with van der Waals surface area (Å²) in [5.74, 6) is 1.35. The number of hydrogen-bond donors (Lipinski definition) is 2. The van der Waals surface area contributed by atoms with Crippen LogP contribution in [-0.4, -0.2) is 34.2 Å². The van der Waals surface area contributed by atoms with E-state index in [2.05, 4.69) is 19.7 Å². The lowest BCUT2D eigenvalue weighted by molar-refractivity contribution is -0.249. The molecule has 0 aromatic heterocycles. The Labute approximate surface area is 137 Å². The Morgan fingerprint density at radius 1 is 1.22 bits per heavy atom. The van der Waals surface area contributed by atoms with E-state index in [0.29, 0.717) is 17.8 Å². The Hall–Kier alpha value is -0.670. The van der Waals surface area contributed by atoms with Gasteiger partial charge in [0.25, 0.3) is 0 Å². The molecule has 3 nitrogen and oxygen atoms in total. The first-order valence-electron chi connectivity index (χ1n) is 9.54. The number of rotatable bonds is 0. The molecule has 23 heavy (non-hydrogen) atoms. The van der Waals surface area contributed by atoms with E-state index >= 15 is 0 Å². The Bertz CT molecular complexity index is 673. The molecular weight excluding hydrogens is 286 g/mol. The second-order valence-electron chi connectivity index (χ2n) is 9.81. The minimum atomic E-state index is -0.610. The zero-order chi connectivity index (χ0) is 15.8. The van der Waals surface area contributed by atoms with E-state index in [9.17, 15) is 10.2 Å². The SMILES string of the molecule is C=C1[C@@H]2C[C@@H]3[C@H]4N=C[C@@]5(C)CCC[C@]46[C@H](C2)C3(CC[C@]65O)[C@@H]1O. The number of aliphatic hydroxyl groups is 2. The van der Waals surface area contributed by atoms with Crippen molar-refractivity contribution in [2.75, 3.05) is 0 Å².